The second-order valence-corrected chi connectivity index (χ2v) is 5.83. The molecule has 0 aliphatic heterocycles. The fourth-order valence-electron chi connectivity index (χ4n) is 1.71. The highest BCUT2D eigenvalue weighted by molar-refractivity contribution is 5.94. The van der Waals surface area contributed by atoms with E-state index in [1.807, 2.05) is 13.8 Å². The fraction of sp³-hybridized carbons (Fsp3) is 0.643. The summed E-state index contributed by atoms with van der Waals surface area (Å²) in [5.41, 5.74) is 5.70. The minimum atomic E-state index is -0.607. The van der Waals surface area contributed by atoms with Crippen LogP contribution in [0.3, 0.4) is 0 Å². The third-order valence-electron chi connectivity index (χ3n) is 2.97. The molecule has 0 radical (unpaired) electrons. The van der Waals surface area contributed by atoms with Gasteiger partial charge in [0, 0.05) is 12.6 Å². The molecule has 0 saturated heterocycles. The van der Waals surface area contributed by atoms with Crippen molar-refractivity contribution in [1.29, 1.82) is 0 Å². The van der Waals surface area contributed by atoms with Gasteiger partial charge in [0.25, 0.3) is 0 Å². The smallest absolute Gasteiger partial charge is 0.244 e. The first kappa shape index (κ1) is 20.4. The summed E-state index contributed by atoms with van der Waals surface area (Å²) in [6.45, 7) is 8.46. The van der Waals surface area contributed by atoms with E-state index in [1.165, 1.54) is 0 Å². The lowest BCUT2D eigenvalue weighted by molar-refractivity contribution is -0.125. The highest BCUT2D eigenvalue weighted by atomic mass is 35.5. The third-order valence-corrected chi connectivity index (χ3v) is 2.97. The zero-order valence-electron chi connectivity index (χ0n) is 13.5. The highest BCUT2D eigenvalue weighted by Gasteiger charge is 2.18. The van der Waals surface area contributed by atoms with Crippen LogP contribution >= 0.6 is 12.4 Å². The van der Waals surface area contributed by atoms with Gasteiger partial charge in [-0.05, 0) is 11.8 Å². The van der Waals surface area contributed by atoms with Gasteiger partial charge in [-0.25, -0.2) is 4.68 Å². The summed E-state index contributed by atoms with van der Waals surface area (Å²) in [5, 5.41) is 9.41. The van der Waals surface area contributed by atoms with Crippen molar-refractivity contribution in [3.63, 3.8) is 0 Å². The number of carbonyl (C=O) groups is 2. The van der Waals surface area contributed by atoms with E-state index in [4.69, 9.17) is 5.73 Å². The van der Waals surface area contributed by atoms with Gasteiger partial charge in [-0.2, -0.15) is 5.10 Å². The van der Waals surface area contributed by atoms with Crippen LogP contribution in [-0.2, 0) is 16.1 Å². The van der Waals surface area contributed by atoms with Crippen LogP contribution in [0.1, 0.15) is 27.7 Å². The van der Waals surface area contributed by atoms with Crippen LogP contribution < -0.4 is 16.4 Å². The fourth-order valence-corrected chi connectivity index (χ4v) is 1.71. The zero-order valence-corrected chi connectivity index (χ0v) is 14.3. The zero-order chi connectivity index (χ0) is 16.0. The second kappa shape index (κ2) is 9.42. The van der Waals surface area contributed by atoms with E-state index in [1.54, 1.807) is 16.9 Å². The van der Waals surface area contributed by atoms with Crippen molar-refractivity contribution in [2.75, 3.05) is 11.9 Å². The number of nitrogens with two attached hydrogens (primary N) is 1. The Balaban J connectivity index is 0.00000441. The van der Waals surface area contributed by atoms with E-state index >= 15 is 0 Å². The maximum atomic E-state index is 11.8. The molecular formula is C14H26ClN5O2. The summed E-state index contributed by atoms with van der Waals surface area (Å²) in [6.07, 6.45) is 1.63. The summed E-state index contributed by atoms with van der Waals surface area (Å²) < 4.78 is 1.73. The Morgan fingerprint density at radius 2 is 1.95 bits per heavy atom. The molecule has 1 atom stereocenters. The predicted octanol–water partition coefficient (Wildman–Crippen LogP) is 0.999. The molecule has 7 nitrogen and oxygen atoms in total. The minimum Gasteiger partial charge on any atom is -0.346 e. The lowest BCUT2D eigenvalue weighted by atomic mass is 10.1. The molecule has 4 N–H and O–H groups in total. The number of hydrogen-bond acceptors (Lipinski definition) is 4. The summed E-state index contributed by atoms with van der Waals surface area (Å²) in [4.78, 5) is 23.5. The van der Waals surface area contributed by atoms with Gasteiger partial charge in [-0.15, -0.1) is 12.4 Å². The molecule has 22 heavy (non-hydrogen) atoms. The first-order valence-electron chi connectivity index (χ1n) is 7.16. The van der Waals surface area contributed by atoms with E-state index in [9.17, 15) is 9.59 Å². The Hall–Kier alpha value is -1.60. The van der Waals surface area contributed by atoms with Crippen molar-refractivity contribution in [2.24, 2.45) is 17.6 Å². The number of amides is 2. The quantitative estimate of drug-likeness (QED) is 0.693. The molecule has 1 aromatic rings. The molecule has 0 spiro atoms. The SMILES string of the molecule is CC(C)Cn1nccc1NC(=O)CNC(=O)[C@@H](N)C(C)C.Cl. The van der Waals surface area contributed by atoms with Crippen LogP contribution in [-0.4, -0.2) is 34.2 Å². The first-order chi connectivity index (χ1) is 9.81. The van der Waals surface area contributed by atoms with Gasteiger partial charge >= 0.3 is 0 Å². The van der Waals surface area contributed by atoms with E-state index in [2.05, 4.69) is 29.6 Å². The van der Waals surface area contributed by atoms with E-state index in [0.717, 1.165) is 0 Å². The van der Waals surface area contributed by atoms with Gasteiger partial charge < -0.3 is 16.4 Å². The van der Waals surface area contributed by atoms with Crippen LogP contribution in [0.15, 0.2) is 12.3 Å². The van der Waals surface area contributed by atoms with E-state index in [0.29, 0.717) is 18.3 Å². The third kappa shape index (κ3) is 6.44. The van der Waals surface area contributed by atoms with Crippen LogP contribution in [0.5, 0.6) is 0 Å². The molecule has 0 aliphatic carbocycles. The van der Waals surface area contributed by atoms with Crippen molar-refractivity contribution in [2.45, 2.75) is 40.3 Å². The maximum absolute atomic E-state index is 11.8. The molecule has 126 valence electrons. The Bertz CT molecular complexity index is 487. The molecular weight excluding hydrogens is 306 g/mol. The Morgan fingerprint density at radius 1 is 1.32 bits per heavy atom. The Morgan fingerprint density at radius 3 is 2.50 bits per heavy atom. The van der Waals surface area contributed by atoms with Crippen LogP contribution in [0.4, 0.5) is 5.82 Å². The molecule has 0 aliphatic rings. The molecule has 1 aromatic heterocycles. The average Bonchev–Trinajstić information content (AvgIpc) is 2.81. The summed E-state index contributed by atoms with van der Waals surface area (Å²) in [5.74, 6) is 0.446. The van der Waals surface area contributed by atoms with Gasteiger partial charge in [0.05, 0.1) is 18.8 Å². The normalized spacial score (nSPS) is 12.0. The number of nitrogens with zero attached hydrogens (tertiary/aromatic N) is 2. The van der Waals surface area contributed by atoms with Gasteiger partial charge in [0.15, 0.2) is 0 Å². The Labute approximate surface area is 137 Å². The minimum absolute atomic E-state index is 0. The number of nitrogens with one attached hydrogen (secondary N) is 2. The molecule has 0 fully saturated rings. The molecule has 2 amide bonds. The number of hydrogen-bond donors (Lipinski definition) is 3. The second-order valence-electron chi connectivity index (χ2n) is 5.83. The number of rotatable bonds is 7. The standard InChI is InChI=1S/C14H25N5O2.ClH/c1-9(2)8-19-11(5-6-17-19)18-12(20)7-16-14(21)13(15)10(3)4;/h5-6,9-10,13H,7-8,15H2,1-4H3,(H,16,21)(H,18,20);1H/t13-;/m0./s1. The monoisotopic (exact) mass is 331 g/mol. The molecule has 0 unspecified atom stereocenters. The molecule has 8 heteroatoms. The van der Waals surface area contributed by atoms with Crippen LogP contribution in [0.2, 0.25) is 0 Å². The summed E-state index contributed by atoms with van der Waals surface area (Å²) in [6, 6.07) is 1.12. The Kier molecular flexibility index (Phi) is 8.74. The maximum Gasteiger partial charge on any atom is 0.244 e. The lowest BCUT2D eigenvalue weighted by Gasteiger charge is -2.15. The molecule has 1 rings (SSSR count). The topological polar surface area (TPSA) is 102 Å². The highest BCUT2D eigenvalue weighted by Crippen LogP contribution is 2.08. The van der Waals surface area contributed by atoms with E-state index < -0.39 is 6.04 Å². The summed E-state index contributed by atoms with van der Waals surface area (Å²) >= 11 is 0. The van der Waals surface area contributed by atoms with E-state index in [-0.39, 0.29) is 36.7 Å². The van der Waals surface area contributed by atoms with Crippen LogP contribution in [0, 0.1) is 11.8 Å². The molecule has 0 aromatic carbocycles. The largest absolute Gasteiger partial charge is 0.346 e. The van der Waals surface area contributed by atoms with Crippen molar-refractivity contribution >= 4 is 30.0 Å². The number of aromatic nitrogens is 2. The van der Waals surface area contributed by atoms with Crippen molar-refractivity contribution in [1.82, 2.24) is 15.1 Å². The number of anilines is 1. The number of carbonyl (C=O) groups excluding carboxylic acids is 2. The molecule has 0 saturated carbocycles. The molecule has 0 bridgehead atoms. The number of halogens is 1. The first-order valence-corrected chi connectivity index (χ1v) is 7.16. The van der Waals surface area contributed by atoms with Crippen molar-refractivity contribution in [3.8, 4) is 0 Å². The van der Waals surface area contributed by atoms with Gasteiger partial charge in [-0.3, -0.25) is 9.59 Å². The molecule has 1 heterocycles. The lowest BCUT2D eigenvalue weighted by Crippen LogP contribution is -2.46. The van der Waals surface area contributed by atoms with Gasteiger partial charge in [0.2, 0.25) is 11.8 Å². The van der Waals surface area contributed by atoms with Gasteiger partial charge in [0.1, 0.15) is 5.82 Å². The van der Waals surface area contributed by atoms with Crippen molar-refractivity contribution < 1.29 is 9.59 Å². The van der Waals surface area contributed by atoms with Gasteiger partial charge in [-0.1, -0.05) is 27.7 Å². The average molecular weight is 332 g/mol. The van der Waals surface area contributed by atoms with Crippen molar-refractivity contribution in [3.05, 3.63) is 12.3 Å². The van der Waals surface area contributed by atoms with Crippen LogP contribution in [0.25, 0.3) is 0 Å². The predicted molar refractivity (Wildman–Crippen MR) is 88.8 cm³/mol. The summed E-state index contributed by atoms with van der Waals surface area (Å²) in [7, 11) is 0.